The Morgan fingerprint density at radius 2 is 1.82 bits per heavy atom. The van der Waals surface area contributed by atoms with E-state index >= 15 is 0 Å². The number of hydrogen-bond acceptors (Lipinski definition) is 7. The first-order valence-corrected chi connectivity index (χ1v) is 8.64. The van der Waals surface area contributed by atoms with Crippen molar-refractivity contribution in [2.75, 3.05) is 6.54 Å². The number of hydrogen-bond donors (Lipinski definition) is 3. The van der Waals surface area contributed by atoms with Crippen LogP contribution in [0, 0.1) is 0 Å². The lowest BCUT2D eigenvalue weighted by Gasteiger charge is -2.19. The van der Waals surface area contributed by atoms with Gasteiger partial charge in [-0.1, -0.05) is 0 Å². The van der Waals surface area contributed by atoms with Crippen molar-refractivity contribution in [1.29, 1.82) is 0 Å². The number of benzene rings is 1. The summed E-state index contributed by atoms with van der Waals surface area (Å²) in [6.45, 7) is 5.58. The average molecular weight is 389 g/mol. The van der Waals surface area contributed by atoms with Gasteiger partial charge in [-0.3, -0.25) is 20.4 Å². The van der Waals surface area contributed by atoms with Gasteiger partial charge in [-0.05, 0) is 61.9 Å². The first-order valence-electron chi connectivity index (χ1n) is 8.64. The van der Waals surface area contributed by atoms with E-state index in [4.69, 9.17) is 4.74 Å². The van der Waals surface area contributed by atoms with Crippen LogP contribution in [0.1, 0.15) is 44.0 Å². The van der Waals surface area contributed by atoms with E-state index in [0.29, 0.717) is 17.7 Å². The summed E-state index contributed by atoms with van der Waals surface area (Å²) in [4.78, 5) is 35.3. The molecule has 11 heteroatoms. The fourth-order valence-electron chi connectivity index (χ4n) is 2.06. The van der Waals surface area contributed by atoms with Crippen LogP contribution in [0.2, 0.25) is 0 Å². The first-order chi connectivity index (χ1) is 13.2. The highest BCUT2D eigenvalue weighted by Gasteiger charge is 2.15. The molecule has 0 aliphatic heterocycles. The van der Waals surface area contributed by atoms with Gasteiger partial charge in [-0.2, -0.15) is 0 Å². The fraction of sp³-hybridized carbons (Fsp3) is 0.412. The summed E-state index contributed by atoms with van der Waals surface area (Å²) in [5.74, 6) is -0.826. The number of tetrazole rings is 1. The number of carbonyl (C=O) groups excluding carboxylic acids is 3. The van der Waals surface area contributed by atoms with Gasteiger partial charge in [0.05, 0.1) is 5.69 Å². The summed E-state index contributed by atoms with van der Waals surface area (Å²) in [5.41, 5.74) is 5.15. The Bertz CT molecular complexity index is 798. The molecule has 2 rings (SSSR count). The molecule has 0 bridgehead atoms. The smallest absolute Gasteiger partial charge is 0.407 e. The molecule has 1 heterocycles. The minimum absolute atomic E-state index is 0.133. The second-order valence-electron chi connectivity index (χ2n) is 6.84. The number of hydrazine groups is 1. The zero-order valence-electron chi connectivity index (χ0n) is 15.9. The molecule has 1 aromatic carbocycles. The quantitative estimate of drug-likeness (QED) is 0.488. The van der Waals surface area contributed by atoms with Crippen molar-refractivity contribution < 1.29 is 19.1 Å². The predicted octanol–water partition coefficient (Wildman–Crippen LogP) is 0.728. The van der Waals surface area contributed by atoms with Gasteiger partial charge in [0.25, 0.3) is 5.91 Å². The minimum Gasteiger partial charge on any atom is -0.444 e. The third kappa shape index (κ3) is 7.02. The van der Waals surface area contributed by atoms with Crippen LogP contribution in [-0.4, -0.2) is 50.3 Å². The summed E-state index contributed by atoms with van der Waals surface area (Å²) < 4.78 is 6.54. The number of carbonyl (C=O) groups is 3. The van der Waals surface area contributed by atoms with E-state index in [-0.39, 0.29) is 18.9 Å². The third-order valence-corrected chi connectivity index (χ3v) is 3.31. The van der Waals surface area contributed by atoms with Crippen molar-refractivity contribution in [2.45, 2.75) is 39.2 Å². The number of amides is 3. The molecule has 0 aliphatic carbocycles. The average Bonchev–Trinajstić information content (AvgIpc) is 3.16. The Balaban J connectivity index is 1.67. The summed E-state index contributed by atoms with van der Waals surface area (Å²) >= 11 is 0. The Morgan fingerprint density at radius 3 is 2.43 bits per heavy atom. The maximum atomic E-state index is 12.1. The number of rotatable bonds is 6. The van der Waals surface area contributed by atoms with E-state index in [1.165, 1.54) is 11.0 Å². The second-order valence-corrected chi connectivity index (χ2v) is 6.84. The molecular weight excluding hydrogens is 366 g/mol. The Hall–Kier alpha value is -3.50. The van der Waals surface area contributed by atoms with Gasteiger partial charge >= 0.3 is 6.09 Å². The summed E-state index contributed by atoms with van der Waals surface area (Å²) in [7, 11) is 0. The molecule has 0 fully saturated rings. The largest absolute Gasteiger partial charge is 0.444 e. The number of alkyl carbamates (subject to hydrolysis) is 1. The van der Waals surface area contributed by atoms with Crippen molar-refractivity contribution in [1.82, 2.24) is 36.4 Å². The molecule has 3 amide bonds. The van der Waals surface area contributed by atoms with Crippen LogP contribution in [0.5, 0.6) is 0 Å². The van der Waals surface area contributed by atoms with Gasteiger partial charge in [0.1, 0.15) is 11.9 Å². The van der Waals surface area contributed by atoms with E-state index in [9.17, 15) is 14.4 Å². The molecule has 2 aromatic rings. The Kier molecular flexibility index (Phi) is 7.02. The maximum absolute atomic E-state index is 12.1. The highest BCUT2D eigenvalue weighted by molar-refractivity contribution is 5.95. The molecule has 0 atom stereocenters. The van der Waals surface area contributed by atoms with Gasteiger partial charge in [-0.25, -0.2) is 9.48 Å². The van der Waals surface area contributed by atoms with Gasteiger partial charge in [0.2, 0.25) is 5.91 Å². The zero-order valence-corrected chi connectivity index (χ0v) is 15.9. The standard InChI is InChI=1S/C17H23N7O4/c1-17(2,3)28-16(27)18-10-4-5-14(25)20-21-15(26)12-6-8-13(9-7-12)24-11-19-22-23-24/h6-9,11H,4-5,10H2,1-3H3,(H,18,27)(H,20,25)(H,21,26). The highest BCUT2D eigenvalue weighted by atomic mass is 16.6. The predicted molar refractivity (Wildman–Crippen MR) is 98.2 cm³/mol. The van der Waals surface area contributed by atoms with Crippen molar-refractivity contribution in [3.63, 3.8) is 0 Å². The minimum atomic E-state index is -0.573. The molecule has 1 aromatic heterocycles. The van der Waals surface area contributed by atoms with Crippen LogP contribution >= 0.6 is 0 Å². The van der Waals surface area contributed by atoms with Crippen molar-refractivity contribution in [3.8, 4) is 5.69 Å². The van der Waals surface area contributed by atoms with E-state index in [1.807, 2.05) is 0 Å². The first kappa shape index (κ1) is 20.8. The number of nitrogens with zero attached hydrogens (tertiary/aromatic N) is 4. The molecule has 0 saturated heterocycles. The van der Waals surface area contributed by atoms with E-state index in [2.05, 4.69) is 31.7 Å². The summed E-state index contributed by atoms with van der Waals surface area (Å²) in [5, 5.41) is 13.4. The lowest BCUT2D eigenvalue weighted by atomic mass is 10.2. The lowest BCUT2D eigenvalue weighted by Crippen LogP contribution is -2.41. The van der Waals surface area contributed by atoms with Crippen LogP contribution in [0.25, 0.3) is 5.69 Å². The van der Waals surface area contributed by atoms with Gasteiger partial charge in [-0.15, -0.1) is 5.10 Å². The van der Waals surface area contributed by atoms with Crippen molar-refractivity contribution >= 4 is 17.9 Å². The summed E-state index contributed by atoms with van der Waals surface area (Å²) in [6.07, 6.45) is 1.44. The number of ether oxygens (including phenoxy) is 1. The van der Waals surface area contributed by atoms with Crippen LogP contribution in [0.15, 0.2) is 30.6 Å². The maximum Gasteiger partial charge on any atom is 0.407 e. The van der Waals surface area contributed by atoms with E-state index < -0.39 is 17.6 Å². The SMILES string of the molecule is CC(C)(C)OC(=O)NCCCC(=O)NNC(=O)c1ccc(-n2cnnn2)cc1. The second kappa shape index (κ2) is 9.44. The van der Waals surface area contributed by atoms with Crippen LogP contribution in [0.4, 0.5) is 4.79 Å². The van der Waals surface area contributed by atoms with Crippen LogP contribution < -0.4 is 16.2 Å². The fourth-order valence-corrected chi connectivity index (χ4v) is 2.06. The van der Waals surface area contributed by atoms with Crippen molar-refractivity contribution in [2.24, 2.45) is 0 Å². The molecule has 0 spiro atoms. The monoisotopic (exact) mass is 389 g/mol. The molecule has 0 aliphatic rings. The molecule has 0 radical (unpaired) electrons. The molecular formula is C17H23N7O4. The van der Waals surface area contributed by atoms with E-state index in [1.54, 1.807) is 45.0 Å². The Morgan fingerprint density at radius 1 is 1.11 bits per heavy atom. The van der Waals surface area contributed by atoms with Crippen LogP contribution in [-0.2, 0) is 9.53 Å². The molecule has 150 valence electrons. The molecule has 0 saturated carbocycles. The third-order valence-electron chi connectivity index (χ3n) is 3.31. The lowest BCUT2D eigenvalue weighted by molar-refractivity contribution is -0.121. The highest BCUT2D eigenvalue weighted by Crippen LogP contribution is 2.08. The van der Waals surface area contributed by atoms with Gasteiger partial charge in [0, 0.05) is 18.5 Å². The number of aromatic nitrogens is 4. The van der Waals surface area contributed by atoms with E-state index in [0.717, 1.165) is 0 Å². The molecule has 0 unspecified atom stereocenters. The van der Waals surface area contributed by atoms with Gasteiger partial charge < -0.3 is 10.1 Å². The van der Waals surface area contributed by atoms with Gasteiger partial charge in [0.15, 0.2) is 0 Å². The topological polar surface area (TPSA) is 140 Å². The Labute approximate surface area is 161 Å². The zero-order chi connectivity index (χ0) is 20.6. The molecule has 11 nitrogen and oxygen atoms in total. The van der Waals surface area contributed by atoms with Crippen LogP contribution in [0.3, 0.4) is 0 Å². The molecule has 3 N–H and O–H groups in total. The number of nitrogens with one attached hydrogen (secondary N) is 3. The van der Waals surface area contributed by atoms with Crippen molar-refractivity contribution in [3.05, 3.63) is 36.2 Å². The summed E-state index contributed by atoms with van der Waals surface area (Å²) in [6, 6.07) is 6.53. The normalized spacial score (nSPS) is 10.8. The molecule has 28 heavy (non-hydrogen) atoms.